The Hall–Kier alpha value is -2.86. The molecule has 1 atom stereocenters. The van der Waals surface area contributed by atoms with Crippen molar-refractivity contribution in [2.45, 2.75) is 19.4 Å². The van der Waals surface area contributed by atoms with E-state index in [1.54, 1.807) is 24.3 Å². The number of benzene rings is 2. The quantitative estimate of drug-likeness (QED) is 0.727. The molecule has 0 radical (unpaired) electrons. The number of carboxylic acid groups (broad SMARTS) is 1. The van der Waals surface area contributed by atoms with Crippen LogP contribution in [0, 0.1) is 0 Å². The second-order valence-corrected chi connectivity index (χ2v) is 6.50. The van der Waals surface area contributed by atoms with E-state index in [9.17, 15) is 19.5 Å². The van der Waals surface area contributed by atoms with Gasteiger partial charge in [0.2, 0.25) is 11.8 Å². The Labute approximate surface area is 162 Å². The molecule has 0 aromatic heterocycles. The summed E-state index contributed by atoms with van der Waals surface area (Å²) in [6.45, 7) is 1.54. The first-order valence-corrected chi connectivity index (χ1v) is 8.81. The number of amides is 2. The van der Waals surface area contributed by atoms with E-state index in [0.29, 0.717) is 23.6 Å². The van der Waals surface area contributed by atoms with Crippen molar-refractivity contribution in [2.24, 2.45) is 0 Å². The fraction of sp³-hybridized carbons (Fsp3) is 0.250. The van der Waals surface area contributed by atoms with Gasteiger partial charge in [-0.2, -0.15) is 0 Å². The van der Waals surface area contributed by atoms with Gasteiger partial charge in [0.1, 0.15) is 0 Å². The smallest absolute Gasteiger partial charge is 0.330 e. The number of hydrogen-bond donors (Lipinski definition) is 2. The Morgan fingerprint density at radius 1 is 1.07 bits per heavy atom. The molecule has 2 N–H and O–H groups in total. The molecule has 0 fully saturated rings. The molecule has 7 heteroatoms. The van der Waals surface area contributed by atoms with Crippen molar-refractivity contribution in [2.75, 3.05) is 13.1 Å². The molecule has 0 saturated carbocycles. The molecule has 0 aliphatic carbocycles. The molecular weight excluding hydrogens is 368 g/mol. The maximum Gasteiger partial charge on any atom is 0.330 e. The molecule has 2 rings (SSSR count). The van der Waals surface area contributed by atoms with Gasteiger partial charge >= 0.3 is 5.97 Å². The Kier molecular flexibility index (Phi) is 7.37. The van der Waals surface area contributed by atoms with Crippen LogP contribution in [0.15, 0.2) is 54.6 Å². The molecule has 0 bridgehead atoms. The van der Waals surface area contributed by atoms with E-state index >= 15 is 0 Å². The third-order valence-electron chi connectivity index (χ3n) is 4.05. The summed E-state index contributed by atoms with van der Waals surface area (Å²) in [6.07, 6.45) is 0.604. The lowest BCUT2D eigenvalue weighted by molar-refractivity contribution is -0.142. The van der Waals surface area contributed by atoms with Crippen molar-refractivity contribution >= 4 is 29.4 Å². The largest absolute Gasteiger partial charge is 0.479 e. The van der Waals surface area contributed by atoms with Crippen LogP contribution in [-0.2, 0) is 20.8 Å². The standard InChI is InChI=1S/C20H21ClN2O4/c1-14(24)23(12-11-15-5-3-2-4-6-15)13-18(25)22-19(20(26)27)16-7-9-17(21)10-8-16/h2-10,19H,11-13H2,1H3,(H,22,25)(H,26,27). The van der Waals surface area contributed by atoms with E-state index in [2.05, 4.69) is 5.32 Å². The molecule has 2 amide bonds. The van der Waals surface area contributed by atoms with Crippen LogP contribution >= 0.6 is 11.6 Å². The molecule has 0 spiro atoms. The Bertz CT molecular complexity index is 793. The fourth-order valence-electron chi connectivity index (χ4n) is 2.58. The molecular formula is C20H21ClN2O4. The molecule has 142 valence electrons. The lowest BCUT2D eigenvalue weighted by atomic mass is 10.1. The lowest BCUT2D eigenvalue weighted by Gasteiger charge is -2.22. The summed E-state index contributed by atoms with van der Waals surface area (Å²) in [5, 5.41) is 12.3. The minimum Gasteiger partial charge on any atom is -0.479 e. The summed E-state index contributed by atoms with van der Waals surface area (Å²) in [6, 6.07) is 14.6. The van der Waals surface area contributed by atoms with Crippen LogP contribution in [0.5, 0.6) is 0 Å². The van der Waals surface area contributed by atoms with Crippen LogP contribution in [-0.4, -0.2) is 40.9 Å². The SMILES string of the molecule is CC(=O)N(CCc1ccccc1)CC(=O)NC(C(=O)O)c1ccc(Cl)cc1. The van der Waals surface area contributed by atoms with E-state index in [1.807, 2.05) is 30.3 Å². The summed E-state index contributed by atoms with van der Waals surface area (Å²) in [5.41, 5.74) is 1.45. The third-order valence-corrected chi connectivity index (χ3v) is 4.30. The zero-order valence-corrected chi connectivity index (χ0v) is 15.6. The average molecular weight is 389 g/mol. The number of nitrogens with one attached hydrogen (secondary N) is 1. The van der Waals surface area contributed by atoms with Crippen molar-refractivity contribution in [3.8, 4) is 0 Å². The Morgan fingerprint density at radius 3 is 2.26 bits per heavy atom. The molecule has 0 aliphatic rings. The minimum atomic E-state index is -1.21. The van der Waals surface area contributed by atoms with Gasteiger partial charge in [0.05, 0.1) is 6.54 Å². The van der Waals surface area contributed by atoms with Crippen LogP contribution in [0.2, 0.25) is 5.02 Å². The van der Waals surface area contributed by atoms with Gasteiger partial charge in [-0.15, -0.1) is 0 Å². The van der Waals surface area contributed by atoms with Gasteiger partial charge in [0.25, 0.3) is 0 Å². The molecule has 0 aliphatic heterocycles. The number of halogens is 1. The van der Waals surface area contributed by atoms with E-state index in [1.165, 1.54) is 11.8 Å². The topological polar surface area (TPSA) is 86.7 Å². The van der Waals surface area contributed by atoms with E-state index in [-0.39, 0.29) is 12.5 Å². The van der Waals surface area contributed by atoms with Crippen molar-refractivity contribution in [3.63, 3.8) is 0 Å². The van der Waals surface area contributed by atoms with Gasteiger partial charge in [-0.3, -0.25) is 9.59 Å². The second-order valence-electron chi connectivity index (χ2n) is 6.07. The Morgan fingerprint density at radius 2 is 1.70 bits per heavy atom. The van der Waals surface area contributed by atoms with Crippen molar-refractivity contribution in [1.82, 2.24) is 10.2 Å². The number of rotatable bonds is 8. The maximum absolute atomic E-state index is 12.3. The summed E-state index contributed by atoms with van der Waals surface area (Å²) >= 11 is 5.81. The predicted molar refractivity (Wildman–Crippen MR) is 102 cm³/mol. The van der Waals surface area contributed by atoms with Gasteiger partial charge in [0.15, 0.2) is 6.04 Å². The number of hydrogen-bond acceptors (Lipinski definition) is 3. The normalized spacial score (nSPS) is 11.5. The number of carboxylic acids is 1. The first-order chi connectivity index (χ1) is 12.9. The number of carbonyl (C=O) groups excluding carboxylic acids is 2. The van der Waals surface area contributed by atoms with Crippen LogP contribution in [0.4, 0.5) is 0 Å². The van der Waals surface area contributed by atoms with Gasteiger partial charge in [-0.05, 0) is 29.7 Å². The molecule has 6 nitrogen and oxygen atoms in total. The summed E-state index contributed by atoms with van der Waals surface area (Å²) in [7, 11) is 0. The highest BCUT2D eigenvalue weighted by Crippen LogP contribution is 2.17. The third kappa shape index (κ3) is 6.42. The first kappa shape index (κ1) is 20.5. The maximum atomic E-state index is 12.3. The van der Waals surface area contributed by atoms with Crippen molar-refractivity contribution in [1.29, 1.82) is 0 Å². The Balaban J connectivity index is 1.99. The highest BCUT2D eigenvalue weighted by atomic mass is 35.5. The van der Waals surface area contributed by atoms with Gasteiger partial charge in [-0.25, -0.2) is 4.79 Å². The molecule has 0 saturated heterocycles. The molecule has 2 aromatic carbocycles. The summed E-state index contributed by atoms with van der Waals surface area (Å²) < 4.78 is 0. The number of carbonyl (C=O) groups is 3. The van der Waals surface area contributed by atoms with Gasteiger partial charge < -0.3 is 15.3 Å². The van der Waals surface area contributed by atoms with Gasteiger partial charge in [-0.1, -0.05) is 54.1 Å². The molecule has 27 heavy (non-hydrogen) atoms. The summed E-state index contributed by atoms with van der Waals surface area (Å²) in [4.78, 5) is 37.1. The molecule has 2 aromatic rings. The number of nitrogens with zero attached hydrogens (tertiary/aromatic N) is 1. The van der Waals surface area contributed by atoms with Crippen LogP contribution in [0.25, 0.3) is 0 Å². The summed E-state index contributed by atoms with van der Waals surface area (Å²) in [5.74, 6) is -1.98. The van der Waals surface area contributed by atoms with Crippen LogP contribution < -0.4 is 5.32 Å². The monoisotopic (exact) mass is 388 g/mol. The highest BCUT2D eigenvalue weighted by Gasteiger charge is 2.23. The van der Waals surface area contributed by atoms with Gasteiger partial charge in [0, 0.05) is 18.5 Å². The molecule has 0 heterocycles. The van der Waals surface area contributed by atoms with Crippen LogP contribution in [0.3, 0.4) is 0 Å². The van der Waals surface area contributed by atoms with Crippen molar-refractivity contribution in [3.05, 3.63) is 70.7 Å². The minimum absolute atomic E-state index is 0.209. The lowest BCUT2D eigenvalue weighted by Crippen LogP contribution is -2.43. The van der Waals surface area contributed by atoms with Crippen molar-refractivity contribution < 1.29 is 19.5 Å². The van der Waals surface area contributed by atoms with E-state index in [0.717, 1.165) is 5.56 Å². The van der Waals surface area contributed by atoms with E-state index < -0.39 is 17.9 Å². The fourth-order valence-corrected chi connectivity index (χ4v) is 2.71. The van der Waals surface area contributed by atoms with Crippen LogP contribution in [0.1, 0.15) is 24.1 Å². The second kappa shape index (κ2) is 9.73. The highest BCUT2D eigenvalue weighted by molar-refractivity contribution is 6.30. The predicted octanol–water partition coefficient (Wildman–Crippen LogP) is 2.67. The average Bonchev–Trinajstić information content (AvgIpc) is 2.64. The first-order valence-electron chi connectivity index (χ1n) is 8.44. The number of aliphatic carboxylic acids is 1. The van der Waals surface area contributed by atoms with E-state index in [4.69, 9.17) is 11.6 Å². The zero-order valence-electron chi connectivity index (χ0n) is 14.9. The molecule has 1 unspecified atom stereocenters. The zero-order chi connectivity index (χ0) is 19.8.